The number of hydrogen-bond acceptors (Lipinski definition) is 3. The fraction of sp³-hybridized carbons (Fsp3) is 0. The maximum Gasteiger partial charge on any atom is 0.113 e. The Hall–Kier alpha value is -1.71. The SMILES string of the molecule is [c]1cnccc1-c1c[nH]nn1. The van der Waals surface area contributed by atoms with E-state index in [1.54, 1.807) is 18.6 Å². The van der Waals surface area contributed by atoms with Crippen molar-refractivity contribution in [3.63, 3.8) is 0 Å². The van der Waals surface area contributed by atoms with Gasteiger partial charge in [0.15, 0.2) is 0 Å². The van der Waals surface area contributed by atoms with Gasteiger partial charge in [-0.25, -0.2) is 0 Å². The van der Waals surface area contributed by atoms with Crippen molar-refractivity contribution in [3.05, 3.63) is 30.7 Å². The Kier molecular flexibility index (Phi) is 1.37. The second-order valence-corrected chi connectivity index (χ2v) is 2.01. The largest absolute Gasteiger partial charge is 0.265 e. The van der Waals surface area contributed by atoms with Crippen LogP contribution < -0.4 is 0 Å². The van der Waals surface area contributed by atoms with Gasteiger partial charge in [0.25, 0.3) is 0 Å². The molecule has 0 aliphatic carbocycles. The molecule has 0 aromatic carbocycles. The van der Waals surface area contributed by atoms with Gasteiger partial charge in [-0.15, -0.1) is 5.10 Å². The third-order valence-electron chi connectivity index (χ3n) is 1.31. The van der Waals surface area contributed by atoms with Gasteiger partial charge in [0.2, 0.25) is 0 Å². The predicted octanol–water partition coefficient (Wildman–Crippen LogP) is 0.667. The van der Waals surface area contributed by atoms with Crippen molar-refractivity contribution in [2.24, 2.45) is 0 Å². The zero-order valence-corrected chi connectivity index (χ0v) is 5.65. The highest BCUT2D eigenvalue weighted by molar-refractivity contribution is 5.55. The number of H-pyrrole nitrogens is 1. The molecule has 0 bridgehead atoms. The average molecular weight is 145 g/mol. The normalized spacial score (nSPS) is 9.82. The standard InChI is InChI=1S/C7H5N4/c1-3-8-4-2-6(1)7-5-9-11-10-7/h1,3-5H,(H,9,10,11). The molecule has 2 heterocycles. The lowest BCUT2D eigenvalue weighted by atomic mass is 10.2. The van der Waals surface area contributed by atoms with Crippen LogP contribution in [-0.2, 0) is 0 Å². The fourth-order valence-corrected chi connectivity index (χ4v) is 0.808. The summed E-state index contributed by atoms with van der Waals surface area (Å²) in [6, 6.07) is 4.77. The van der Waals surface area contributed by atoms with Crippen LogP contribution in [0.5, 0.6) is 0 Å². The minimum atomic E-state index is 0.785. The van der Waals surface area contributed by atoms with E-state index in [4.69, 9.17) is 0 Å². The van der Waals surface area contributed by atoms with Gasteiger partial charge in [-0.3, -0.25) is 10.1 Å². The molecule has 0 spiro atoms. The zero-order valence-electron chi connectivity index (χ0n) is 5.65. The highest BCUT2D eigenvalue weighted by Gasteiger charge is 1.97. The monoisotopic (exact) mass is 145 g/mol. The van der Waals surface area contributed by atoms with E-state index >= 15 is 0 Å². The maximum atomic E-state index is 3.84. The third-order valence-corrected chi connectivity index (χ3v) is 1.31. The molecule has 0 saturated heterocycles. The molecule has 0 saturated carbocycles. The Balaban J connectivity index is 2.46. The molecule has 0 fully saturated rings. The van der Waals surface area contributed by atoms with E-state index in [1.165, 1.54) is 0 Å². The minimum Gasteiger partial charge on any atom is -0.265 e. The van der Waals surface area contributed by atoms with Crippen LogP contribution >= 0.6 is 0 Å². The highest BCUT2D eigenvalue weighted by Crippen LogP contribution is 2.11. The van der Waals surface area contributed by atoms with Gasteiger partial charge in [-0.1, -0.05) is 5.21 Å². The molecule has 0 aliphatic rings. The summed E-state index contributed by atoms with van der Waals surface area (Å²) in [6.45, 7) is 0. The Morgan fingerprint density at radius 3 is 3.09 bits per heavy atom. The van der Waals surface area contributed by atoms with Crippen LogP contribution in [0.15, 0.2) is 24.7 Å². The Labute approximate surface area is 63.3 Å². The van der Waals surface area contributed by atoms with Gasteiger partial charge in [0, 0.05) is 24.0 Å². The van der Waals surface area contributed by atoms with E-state index < -0.39 is 0 Å². The number of hydrogen-bond donors (Lipinski definition) is 1. The van der Waals surface area contributed by atoms with Gasteiger partial charge in [-0.2, -0.15) is 0 Å². The number of rotatable bonds is 1. The molecule has 0 unspecified atom stereocenters. The molecule has 0 aliphatic heterocycles. The molecule has 11 heavy (non-hydrogen) atoms. The summed E-state index contributed by atoms with van der Waals surface area (Å²) in [5.41, 5.74) is 1.68. The van der Waals surface area contributed by atoms with Crippen LogP contribution in [0.1, 0.15) is 0 Å². The van der Waals surface area contributed by atoms with E-state index in [0.717, 1.165) is 11.3 Å². The van der Waals surface area contributed by atoms with Gasteiger partial charge in [0.1, 0.15) is 5.69 Å². The van der Waals surface area contributed by atoms with Crippen LogP contribution in [0.3, 0.4) is 0 Å². The van der Waals surface area contributed by atoms with E-state index in [9.17, 15) is 0 Å². The van der Waals surface area contributed by atoms with Gasteiger partial charge < -0.3 is 0 Å². The summed E-state index contributed by atoms with van der Waals surface area (Å²) in [4.78, 5) is 3.84. The highest BCUT2D eigenvalue weighted by atomic mass is 15.3. The summed E-state index contributed by atoms with van der Waals surface area (Å²) >= 11 is 0. The van der Waals surface area contributed by atoms with E-state index in [2.05, 4.69) is 26.5 Å². The summed E-state index contributed by atoms with van der Waals surface area (Å²) in [5.74, 6) is 0. The van der Waals surface area contributed by atoms with Crippen LogP contribution in [-0.4, -0.2) is 20.4 Å². The number of aromatic nitrogens is 4. The lowest BCUT2D eigenvalue weighted by Crippen LogP contribution is -1.78. The Morgan fingerprint density at radius 1 is 1.45 bits per heavy atom. The lowest BCUT2D eigenvalue weighted by Gasteiger charge is -1.89. The van der Waals surface area contributed by atoms with E-state index in [1.807, 2.05) is 6.07 Å². The van der Waals surface area contributed by atoms with Crippen LogP contribution in [0.4, 0.5) is 0 Å². The van der Waals surface area contributed by atoms with Crippen molar-refractivity contribution >= 4 is 0 Å². The number of pyridine rings is 1. The summed E-state index contributed by atoms with van der Waals surface area (Å²) < 4.78 is 0. The molecule has 2 rings (SSSR count). The van der Waals surface area contributed by atoms with Crippen LogP contribution in [0, 0.1) is 6.07 Å². The van der Waals surface area contributed by atoms with Crippen molar-refractivity contribution in [2.75, 3.05) is 0 Å². The molecule has 53 valence electrons. The first-order valence-electron chi connectivity index (χ1n) is 3.15. The van der Waals surface area contributed by atoms with Crippen molar-refractivity contribution in [1.29, 1.82) is 0 Å². The van der Waals surface area contributed by atoms with Crippen molar-refractivity contribution in [2.45, 2.75) is 0 Å². The smallest absolute Gasteiger partial charge is 0.113 e. The van der Waals surface area contributed by atoms with Gasteiger partial charge in [0.05, 0.1) is 6.20 Å². The average Bonchev–Trinajstić information content (AvgIpc) is 2.58. The molecule has 1 N–H and O–H groups in total. The molecule has 2 aromatic rings. The molecule has 4 heteroatoms. The van der Waals surface area contributed by atoms with Crippen LogP contribution in [0.25, 0.3) is 11.3 Å². The van der Waals surface area contributed by atoms with Crippen molar-refractivity contribution in [1.82, 2.24) is 20.4 Å². The number of nitrogens with one attached hydrogen (secondary N) is 1. The molecule has 2 aromatic heterocycles. The maximum absolute atomic E-state index is 3.84. The van der Waals surface area contributed by atoms with E-state index in [-0.39, 0.29) is 0 Å². The number of aromatic amines is 1. The molecular formula is C7H5N4. The van der Waals surface area contributed by atoms with E-state index in [0.29, 0.717) is 0 Å². The van der Waals surface area contributed by atoms with Crippen LogP contribution in [0.2, 0.25) is 0 Å². The predicted molar refractivity (Wildman–Crippen MR) is 38.4 cm³/mol. The molecule has 1 radical (unpaired) electrons. The summed E-state index contributed by atoms with van der Waals surface area (Å²) in [6.07, 6.45) is 5.01. The first-order chi connectivity index (χ1) is 5.47. The molecule has 4 nitrogen and oxygen atoms in total. The fourth-order valence-electron chi connectivity index (χ4n) is 0.808. The van der Waals surface area contributed by atoms with Crippen molar-refractivity contribution < 1.29 is 0 Å². The molecule has 0 atom stereocenters. The first kappa shape index (κ1) is 6.03. The minimum absolute atomic E-state index is 0.785. The second-order valence-electron chi connectivity index (χ2n) is 2.01. The zero-order chi connectivity index (χ0) is 7.52. The Morgan fingerprint density at radius 2 is 2.45 bits per heavy atom. The summed E-state index contributed by atoms with van der Waals surface area (Å²) in [5, 5.41) is 10.0. The van der Waals surface area contributed by atoms with Crippen molar-refractivity contribution in [3.8, 4) is 11.3 Å². The third kappa shape index (κ3) is 1.10. The summed E-state index contributed by atoms with van der Waals surface area (Å²) in [7, 11) is 0. The molecular weight excluding hydrogens is 140 g/mol. The quantitative estimate of drug-likeness (QED) is 0.641. The second kappa shape index (κ2) is 2.49. The molecule has 0 amide bonds. The topological polar surface area (TPSA) is 54.5 Å². The lowest BCUT2D eigenvalue weighted by molar-refractivity contribution is 0.942. The van der Waals surface area contributed by atoms with Gasteiger partial charge >= 0.3 is 0 Å². The number of nitrogens with zero attached hydrogens (tertiary/aromatic N) is 3. The van der Waals surface area contributed by atoms with Gasteiger partial charge in [-0.05, 0) is 6.07 Å². The first-order valence-corrected chi connectivity index (χ1v) is 3.15. The Bertz CT molecular complexity index is 313.